The standard InChI is InChI=1S/C11H16FNO/c1-8-4-9(6-10(12)5-8)11(14)7-13(2)3/h4-6,11,14H,7H2,1-3H3. The minimum absolute atomic E-state index is 0.294. The third-order valence-electron chi connectivity index (χ3n) is 1.99. The summed E-state index contributed by atoms with van der Waals surface area (Å²) in [4.78, 5) is 1.87. The fraction of sp³-hybridized carbons (Fsp3) is 0.455. The molecule has 1 N–H and O–H groups in total. The van der Waals surface area contributed by atoms with Crippen LogP contribution in [-0.4, -0.2) is 30.6 Å². The first-order chi connectivity index (χ1) is 6.49. The fourth-order valence-electron chi connectivity index (χ4n) is 1.41. The number of benzene rings is 1. The third kappa shape index (κ3) is 3.09. The van der Waals surface area contributed by atoms with Crippen molar-refractivity contribution >= 4 is 0 Å². The molecule has 0 saturated heterocycles. The molecule has 1 unspecified atom stereocenters. The molecule has 3 heteroatoms. The van der Waals surface area contributed by atoms with Crippen molar-refractivity contribution in [3.63, 3.8) is 0 Å². The Kier molecular flexibility index (Phi) is 3.61. The van der Waals surface area contributed by atoms with Crippen molar-refractivity contribution in [2.75, 3.05) is 20.6 Å². The van der Waals surface area contributed by atoms with Gasteiger partial charge < -0.3 is 10.0 Å². The van der Waals surface area contributed by atoms with Crippen molar-refractivity contribution in [3.05, 3.63) is 35.1 Å². The number of hydrogen-bond acceptors (Lipinski definition) is 2. The zero-order valence-corrected chi connectivity index (χ0v) is 8.79. The van der Waals surface area contributed by atoms with Crippen molar-refractivity contribution in [1.82, 2.24) is 4.90 Å². The number of rotatable bonds is 3. The Morgan fingerprint density at radius 3 is 2.50 bits per heavy atom. The molecule has 0 heterocycles. The second kappa shape index (κ2) is 4.53. The van der Waals surface area contributed by atoms with E-state index in [0.29, 0.717) is 12.1 Å². The monoisotopic (exact) mass is 197 g/mol. The summed E-state index contributed by atoms with van der Waals surface area (Å²) in [6.45, 7) is 2.32. The van der Waals surface area contributed by atoms with Gasteiger partial charge in [-0.05, 0) is 44.3 Å². The fourth-order valence-corrected chi connectivity index (χ4v) is 1.41. The van der Waals surface area contributed by atoms with E-state index >= 15 is 0 Å². The van der Waals surface area contributed by atoms with Crippen molar-refractivity contribution in [2.24, 2.45) is 0 Å². The highest BCUT2D eigenvalue weighted by Gasteiger charge is 2.09. The Hall–Kier alpha value is -0.930. The summed E-state index contributed by atoms with van der Waals surface area (Å²) in [6, 6.07) is 4.63. The van der Waals surface area contributed by atoms with Crippen molar-refractivity contribution in [1.29, 1.82) is 0 Å². The van der Waals surface area contributed by atoms with Gasteiger partial charge in [0, 0.05) is 6.54 Å². The molecule has 0 spiro atoms. The molecule has 78 valence electrons. The topological polar surface area (TPSA) is 23.5 Å². The van der Waals surface area contributed by atoms with Gasteiger partial charge in [-0.25, -0.2) is 4.39 Å². The maximum absolute atomic E-state index is 13.0. The Labute approximate surface area is 84.0 Å². The SMILES string of the molecule is Cc1cc(F)cc(C(O)CN(C)C)c1. The average Bonchev–Trinajstić information content (AvgIpc) is 2.00. The maximum atomic E-state index is 13.0. The molecule has 0 bridgehead atoms. The van der Waals surface area contributed by atoms with Crippen LogP contribution in [0.1, 0.15) is 17.2 Å². The Bertz CT molecular complexity index is 292. The smallest absolute Gasteiger partial charge is 0.123 e. The molecule has 2 nitrogen and oxygen atoms in total. The summed E-state index contributed by atoms with van der Waals surface area (Å²) in [5, 5.41) is 9.73. The highest BCUT2D eigenvalue weighted by Crippen LogP contribution is 2.16. The first-order valence-corrected chi connectivity index (χ1v) is 4.59. The molecule has 0 saturated carbocycles. The first-order valence-electron chi connectivity index (χ1n) is 4.59. The molecule has 14 heavy (non-hydrogen) atoms. The van der Waals surface area contributed by atoms with Gasteiger partial charge in [-0.2, -0.15) is 0 Å². The van der Waals surface area contributed by atoms with Crippen molar-refractivity contribution in [3.8, 4) is 0 Å². The lowest BCUT2D eigenvalue weighted by Gasteiger charge is -2.16. The zero-order chi connectivity index (χ0) is 10.7. The average molecular weight is 197 g/mol. The molecule has 1 aromatic carbocycles. The van der Waals surface area contributed by atoms with Crippen LogP contribution < -0.4 is 0 Å². The van der Waals surface area contributed by atoms with Crippen molar-refractivity contribution in [2.45, 2.75) is 13.0 Å². The lowest BCUT2D eigenvalue weighted by molar-refractivity contribution is 0.138. The van der Waals surface area contributed by atoms with E-state index in [1.807, 2.05) is 25.9 Å². The molecule has 0 aliphatic rings. The lowest BCUT2D eigenvalue weighted by atomic mass is 10.1. The summed E-state index contributed by atoms with van der Waals surface area (Å²) in [5.41, 5.74) is 1.47. The molecule has 0 aliphatic heterocycles. The van der Waals surface area contributed by atoms with Crippen LogP contribution >= 0.6 is 0 Å². The van der Waals surface area contributed by atoms with Gasteiger partial charge in [-0.1, -0.05) is 6.07 Å². The van der Waals surface area contributed by atoms with Gasteiger partial charge in [-0.3, -0.25) is 0 Å². The van der Waals surface area contributed by atoms with Gasteiger partial charge in [0.25, 0.3) is 0 Å². The number of aryl methyl sites for hydroxylation is 1. The van der Waals surface area contributed by atoms with Crippen molar-refractivity contribution < 1.29 is 9.50 Å². The van der Waals surface area contributed by atoms with Gasteiger partial charge in [0.05, 0.1) is 6.10 Å². The number of nitrogens with zero attached hydrogens (tertiary/aromatic N) is 1. The van der Waals surface area contributed by atoms with Gasteiger partial charge in [-0.15, -0.1) is 0 Å². The van der Waals surface area contributed by atoms with Crippen LogP contribution in [0.2, 0.25) is 0 Å². The summed E-state index contributed by atoms with van der Waals surface area (Å²) in [6.07, 6.45) is -0.626. The van der Waals surface area contributed by atoms with Gasteiger partial charge in [0.1, 0.15) is 5.82 Å². The maximum Gasteiger partial charge on any atom is 0.123 e. The van der Waals surface area contributed by atoms with E-state index in [1.54, 1.807) is 6.07 Å². The molecule has 0 fully saturated rings. The van der Waals surface area contributed by atoms with Gasteiger partial charge in [0.15, 0.2) is 0 Å². The number of aliphatic hydroxyl groups is 1. The molecular formula is C11H16FNO. The molecule has 1 atom stereocenters. The summed E-state index contributed by atoms with van der Waals surface area (Å²) < 4.78 is 13.0. The van der Waals surface area contributed by atoms with E-state index in [9.17, 15) is 9.50 Å². The van der Waals surface area contributed by atoms with E-state index < -0.39 is 6.10 Å². The molecule has 0 aliphatic carbocycles. The minimum Gasteiger partial charge on any atom is -0.387 e. The second-order valence-electron chi connectivity index (χ2n) is 3.84. The van der Waals surface area contributed by atoms with Gasteiger partial charge in [0.2, 0.25) is 0 Å². The van der Waals surface area contributed by atoms with E-state index in [1.165, 1.54) is 12.1 Å². The van der Waals surface area contributed by atoms with E-state index in [4.69, 9.17) is 0 Å². The van der Waals surface area contributed by atoms with E-state index in [2.05, 4.69) is 0 Å². The first kappa shape index (κ1) is 11.1. The largest absolute Gasteiger partial charge is 0.387 e. The predicted molar refractivity (Wildman–Crippen MR) is 54.7 cm³/mol. The Morgan fingerprint density at radius 2 is 2.00 bits per heavy atom. The van der Waals surface area contributed by atoms with Crippen LogP contribution in [0.25, 0.3) is 0 Å². The minimum atomic E-state index is -0.626. The van der Waals surface area contributed by atoms with Crippen LogP contribution in [0.5, 0.6) is 0 Å². The third-order valence-corrected chi connectivity index (χ3v) is 1.99. The highest BCUT2D eigenvalue weighted by atomic mass is 19.1. The molecule has 0 radical (unpaired) electrons. The molecule has 0 amide bonds. The number of aliphatic hydroxyl groups excluding tert-OH is 1. The van der Waals surface area contributed by atoms with Crippen LogP contribution in [0.3, 0.4) is 0 Å². The molecule has 1 aromatic rings. The molecule has 1 rings (SSSR count). The summed E-state index contributed by atoms with van der Waals surface area (Å²) in [5.74, 6) is -0.294. The second-order valence-corrected chi connectivity index (χ2v) is 3.84. The van der Waals surface area contributed by atoms with Crippen LogP contribution in [0.15, 0.2) is 18.2 Å². The Morgan fingerprint density at radius 1 is 1.36 bits per heavy atom. The quantitative estimate of drug-likeness (QED) is 0.797. The number of hydrogen-bond donors (Lipinski definition) is 1. The van der Waals surface area contributed by atoms with Crippen LogP contribution in [-0.2, 0) is 0 Å². The normalized spacial score (nSPS) is 13.3. The van der Waals surface area contributed by atoms with Crippen LogP contribution in [0.4, 0.5) is 4.39 Å². The highest BCUT2D eigenvalue weighted by molar-refractivity contribution is 5.25. The van der Waals surface area contributed by atoms with E-state index in [-0.39, 0.29) is 5.82 Å². The Balaban J connectivity index is 2.84. The number of likely N-dealkylation sites (N-methyl/N-ethyl adjacent to an activating group) is 1. The lowest BCUT2D eigenvalue weighted by Crippen LogP contribution is -2.20. The predicted octanol–water partition coefficient (Wildman–Crippen LogP) is 1.73. The van der Waals surface area contributed by atoms with Gasteiger partial charge >= 0.3 is 0 Å². The molecular weight excluding hydrogens is 181 g/mol. The zero-order valence-electron chi connectivity index (χ0n) is 8.79. The number of halogens is 1. The summed E-state index contributed by atoms with van der Waals surface area (Å²) in [7, 11) is 3.74. The molecule has 0 aromatic heterocycles. The summed E-state index contributed by atoms with van der Waals surface area (Å²) >= 11 is 0. The van der Waals surface area contributed by atoms with Crippen LogP contribution in [0, 0.1) is 12.7 Å². The van der Waals surface area contributed by atoms with E-state index in [0.717, 1.165) is 5.56 Å².